The van der Waals surface area contributed by atoms with Crippen molar-refractivity contribution in [2.75, 3.05) is 13.6 Å². The summed E-state index contributed by atoms with van der Waals surface area (Å²) >= 11 is 6.09. The van der Waals surface area contributed by atoms with Gasteiger partial charge in [-0.15, -0.1) is 0 Å². The van der Waals surface area contributed by atoms with E-state index in [-0.39, 0.29) is 36.2 Å². The lowest BCUT2D eigenvalue weighted by Crippen LogP contribution is -2.43. The number of nitrogens with two attached hydrogens (primary N) is 1. The number of likely N-dealkylation sites (tertiary alicyclic amines) is 1. The minimum absolute atomic E-state index is 0.0121. The number of hydrogen-bond acceptors (Lipinski definition) is 3. The quantitative estimate of drug-likeness (QED) is 0.874. The Morgan fingerprint density at radius 1 is 1.42 bits per heavy atom. The summed E-state index contributed by atoms with van der Waals surface area (Å²) in [7, 11) is 1.75. The molecule has 1 aromatic carbocycles. The highest BCUT2D eigenvalue weighted by Crippen LogP contribution is 2.38. The molecule has 0 spiro atoms. The monoisotopic (exact) mass is 349 g/mol. The lowest BCUT2D eigenvalue weighted by atomic mass is 9.92. The molecule has 1 saturated heterocycles. The molecule has 1 saturated carbocycles. The van der Waals surface area contributed by atoms with E-state index in [4.69, 9.17) is 17.3 Å². The number of nitrogens with one attached hydrogen (secondary N) is 1. The largest absolute Gasteiger partial charge is 0.353 e. The van der Waals surface area contributed by atoms with Crippen LogP contribution in [0.1, 0.15) is 37.3 Å². The number of hydrogen-bond donors (Lipinski definition) is 2. The smallest absolute Gasteiger partial charge is 0.226 e. The second-order valence-electron chi connectivity index (χ2n) is 6.86. The van der Waals surface area contributed by atoms with Crippen LogP contribution in [0.5, 0.6) is 0 Å². The molecule has 1 heterocycles. The maximum atomic E-state index is 12.9. The summed E-state index contributed by atoms with van der Waals surface area (Å²) in [4.78, 5) is 26.7. The van der Waals surface area contributed by atoms with E-state index in [9.17, 15) is 9.59 Å². The summed E-state index contributed by atoms with van der Waals surface area (Å²) in [5.41, 5.74) is 6.70. The highest BCUT2D eigenvalue weighted by Gasteiger charge is 2.43. The predicted molar refractivity (Wildman–Crippen MR) is 93.4 cm³/mol. The summed E-state index contributed by atoms with van der Waals surface area (Å²) < 4.78 is 0. The molecule has 5 nitrogen and oxygen atoms in total. The molecule has 0 bridgehead atoms. The van der Waals surface area contributed by atoms with Gasteiger partial charge in [0.25, 0.3) is 0 Å². The van der Waals surface area contributed by atoms with Gasteiger partial charge in [-0.25, -0.2) is 0 Å². The number of carbonyl (C=O) groups is 2. The first-order valence-corrected chi connectivity index (χ1v) is 8.90. The summed E-state index contributed by atoms with van der Waals surface area (Å²) in [6.07, 6.45) is 3.35. The van der Waals surface area contributed by atoms with Crippen LogP contribution in [-0.2, 0) is 9.59 Å². The van der Waals surface area contributed by atoms with Gasteiger partial charge in [-0.3, -0.25) is 9.59 Å². The van der Waals surface area contributed by atoms with Crippen molar-refractivity contribution >= 4 is 23.4 Å². The Balaban J connectivity index is 1.79. The zero-order chi connectivity index (χ0) is 17.3. The van der Waals surface area contributed by atoms with E-state index in [2.05, 4.69) is 5.32 Å². The Morgan fingerprint density at radius 3 is 2.92 bits per heavy atom. The zero-order valence-electron chi connectivity index (χ0n) is 13.9. The van der Waals surface area contributed by atoms with Gasteiger partial charge in [-0.1, -0.05) is 30.2 Å². The van der Waals surface area contributed by atoms with Crippen molar-refractivity contribution in [3.05, 3.63) is 34.9 Å². The first-order valence-electron chi connectivity index (χ1n) is 8.53. The van der Waals surface area contributed by atoms with Crippen LogP contribution in [0.4, 0.5) is 0 Å². The Hall–Kier alpha value is -1.59. The van der Waals surface area contributed by atoms with E-state index in [1.165, 1.54) is 0 Å². The van der Waals surface area contributed by atoms with E-state index >= 15 is 0 Å². The van der Waals surface area contributed by atoms with Crippen molar-refractivity contribution in [2.45, 2.75) is 37.8 Å². The molecule has 0 aromatic heterocycles. The van der Waals surface area contributed by atoms with Crippen molar-refractivity contribution in [3.63, 3.8) is 0 Å². The average Bonchev–Trinajstić information content (AvgIpc) is 3.12. The number of benzene rings is 1. The van der Waals surface area contributed by atoms with Crippen LogP contribution in [0.15, 0.2) is 24.3 Å². The Morgan fingerprint density at radius 2 is 2.21 bits per heavy atom. The topological polar surface area (TPSA) is 75.4 Å². The van der Waals surface area contributed by atoms with Gasteiger partial charge >= 0.3 is 0 Å². The van der Waals surface area contributed by atoms with E-state index in [1.54, 1.807) is 18.0 Å². The molecule has 3 rings (SSSR count). The first kappa shape index (κ1) is 17.2. The molecule has 1 aliphatic heterocycles. The molecule has 2 aliphatic rings. The van der Waals surface area contributed by atoms with Gasteiger partial charge in [-0.05, 0) is 43.0 Å². The fourth-order valence-corrected chi connectivity index (χ4v) is 4.25. The fourth-order valence-electron chi connectivity index (χ4n) is 4.05. The van der Waals surface area contributed by atoms with Gasteiger partial charge in [0.2, 0.25) is 11.8 Å². The van der Waals surface area contributed by atoms with E-state index in [0.717, 1.165) is 24.8 Å². The maximum absolute atomic E-state index is 12.9. The molecule has 6 heteroatoms. The van der Waals surface area contributed by atoms with Gasteiger partial charge in [0.1, 0.15) is 0 Å². The summed E-state index contributed by atoms with van der Waals surface area (Å²) in [5.74, 6) is -0.113. The third kappa shape index (κ3) is 3.28. The van der Waals surface area contributed by atoms with Gasteiger partial charge in [0.05, 0.1) is 12.0 Å². The predicted octanol–water partition coefficient (Wildman–Crippen LogP) is 2.10. The second kappa shape index (κ2) is 7.11. The number of rotatable bonds is 4. The van der Waals surface area contributed by atoms with Gasteiger partial charge < -0.3 is 16.0 Å². The molecule has 4 atom stereocenters. The van der Waals surface area contributed by atoms with Crippen LogP contribution < -0.4 is 11.1 Å². The van der Waals surface area contributed by atoms with Crippen molar-refractivity contribution in [1.29, 1.82) is 0 Å². The number of amides is 2. The molecule has 2 amide bonds. The third-order valence-electron chi connectivity index (χ3n) is 5.40. The molecule has 0 radical (unpaired) electrons. The third-order valence-corrected chi connectivity index (χ3v) is 5.64. The van der Waals surface area contributed by atoms with Gasteiger partial charge in [-0.2, -0.15) is 0 Å². The van der Waals surface area contributed by atoms with Crippen molar-refractivity contribution < 1.29 is 9.59 Å². The van der Waals surface area contributed by atoms with Crippen LogP contribution in [0.3, 0.4) is 0 Å². The summed E-state index contributed by atoms with van der Waals surface area (Å²) in [6, 6.07) is 7.26. The van der Waals surface area contributed by atoms with Crippen molar-refractivity contribution in [1.82, 2.24) is 10.2 Å². The normalized spacial score (nSPS) is 30.0. The Labute approximate surface area is 147 Å². The van der Waals surface area contributed by atoms with Crippen LogP contribution in [-0.4, -0.2) is 36.3 Å². The molecule has 0 unspecified atom stereocenters. The SMILES string of the molecule is CN1C(=O)C[C@H](C(=O)N[C@@H]2CCC[C@@H]2CN)[C@@H]1c1cccc(Cl)c1. The highest BCUT2D eigenvalue weighted by atomic mass is 35.5. The van der Waals surface area contributed by atoms with Crippen molar-refractivity contribution in [2.24, 2.45) is 17.6 Å². The Kier molecular flexibility index (Phi) is 5.11. The van der Waals surface area contributed by atoms with E-state index in [1.807, 2.05) is 18.2 Å². The summed E-state index contributed by atoms with van der Waals surface area (Å²) in [5, 5.41) is 3.76. The van der Waals surface area contributed by atoms with Crippen LogP contribution >= 0.6 is 11.6 Å². The molecule has 1 aliphatic carbocycles. The zero-order valence-corrected chi connectivity index (χ0v) is 14.6. The van der Waals surface area contributed by atoms with Crippen molar-refractivity contribution in [3.8, 4) is 0 Å². The maximum Gasteiger partial charge on any atom is 0.226 e. The molecule has 1 aromatic rings. The van der Waals surface area contributed by atoms with E-state index in [0.29, 0.717) is 17.5 Å². The van der Waals surface area contributed by atoms with Gasteiger partial charge in [0.15, 0.2) is 0 Å². The minimum atomic E-state index is -0.389. The van der Waals surface area contributed by atoms with Crippen LogP contribution in [0, 0.1) is 11.8 Å². The van der Waals surface area contributed by atoms with E-state index < -0.39 is 0 Å². The molecular formula is C18H24ClN3O2. The lowest BCUT2D eigenvalue weighted by Gasteiger charge is -2.27. The number of halogens is 1. The molecule has 130 valence electrons. The lowest BCUT2D eigenvalue weighted by molar-refractivity contribution is -0.128. The van der Waals surface area contributed by atoms with Crippen LogP contribution in [0.2, 0.25) is 5.02 Å². The number of nitrogens with zero attached hydrogens (tertiary/aromatic N) is 1. The standard InChI is InChI=1S/C18H24ClN3O2/c1-22-16(23)9-14(17(22)11-4-2-6-13(19)8-11)18(24)21-15-7-3-5-12(15)10-20/h2,4,6,8,12,14-15,17H,3,5,7,9-10,20H2,1H3,(H,21,24)/t12-,14+,15-,17+/m1/s1. The summed E-state index contributed by atoms with van der Waals surface area (Å²) in [6.45, 7) is 0.589. The highest BCUT2D eigenvalue weighted by molar-refractivity contribution is 6.30. The second-order valence-corrected chi connectivity index (χ2v) is 7.29. The molecule has 3 N–H and O–H groups in total. The number of carbonyl (C=O) groups excluding carboxylic acids is 2. The molecular weight excluding hydrogens is 326 g/mol. The fraction of sp³-hybridized carbons (Fsp3) is 0.556. The molecule has 24 heavy (non-hydrogen) atoms. The minimum Gasteiger partial charge on any atom is -0.353 e. The first-order chi connectivity index (χ1) is 11.5. The molecule has 2 fully saturated rings. The van der Waals surface area contributed by atoms with Crippen LogP contribution in [0.25, 0.3) is 0 Å². The van der Waals surface area contributed by atoms with Gasteiger partial charge in [0, 0.05) is 24.5 Å². The Bertz CT molecular complexity index is 636. The average molecular weight is 350 g/mol.